The lowest BCUT2D eigenvalue weighted by atomic mass is 10.0. The molecular weight excluding hydrogens is 468 g/mol. The lowest BCUT2D eigenvalue weighted by Crippen LogP contribution is -2.51. The van der Waals surface area contributed by atoms with Crippen LogP contribution in [0.1, 0.15) is 17.2 Å². The number of non-ortho nitro benzene ring substituents is 1. The molecule has 0 bridgehead atoms. The first-order valence-corrected chi connectivity index (χ1v) is 12.6. The zero-order chi connectivity index (χ0) is 25.0. The molecule has 4 rings (SSSR count). The van der Waals surface area contributed by atoms with E-state index in [4.69, 9.17) is 0 Å². The van der Waals surface area contributed by atoms with Crippen molar-refractivity contribution in [1.82, 2.24) is 9.21 Å². The summed E-state index contributed by atoms with van der Waals surface area (Å²) in [5, 5.41) is 14.0. The number of rotatable bonds is 7. The summed E-state index contributed by atoms with van der Waals surface area (Å²) >= 11 is 0. The molecular formula is C25H26N4O5S. The van der Waals surface area contributed by atoms with Gasteiger partial charge in [0.05, 0.1) is 9.82 Å². The minimum absolute atomic E-state index is 0.114. The molecule has 1 heterocycles. The molecule has 3 aromatic rings. The first kappa shape index (κ1) is 24.5. The molecule has 1 saturated heterocycles. The van der Waals surface area contributed by atoms with Crippen LogP contribution in [0.3, 0.4) is 0 Å². The number of nitrogens with zero attached hydrogens (tertiary/aromatic N) is 3. The molecule has 0 radical (unpaired) electrons. The van der Waals surface area contributed by atoms with E-state index in [1.807, 2.05) is 66.4 Å². The van der Waals surface area contributed by atoms with Gasteiger partial charge in [0.15, 0.2) is 0 Å². The number of sulfonamides is 1. The summed E-state index contributed by atoms with van der Waals surface area (Å²) in [6.45, 7) is 2.95. The zero-order valence-corrected chi connectivity index (χ0v) is 20.0. The van der Waals surface area contributed by atoms with E-state index in [1.54, 1.807) is 0 Å². The Morgan fingerprint density at radius 1 is 0.943 bits per heavy atom. The molecule has 35 heavy (non-hydrogen) atoms. The van der Waals surface area contributed by atoms with Gasteiger partial charge in [-0.3, -0.25) is 19.8 Å². The summed E-state index contributed by atoms with van der Waals surface area (Å²) in [5.74, 6) is -0.199. The Hall–Kier alpha value is -3.60. The van der Waals surface area contributed by atoms with Crippen molar-refractivity contribution >= 4 is 27.3 Å². The monoisotopic (exact) mass is 494 g/mol. The van der Waals surface area contributed by atoms with Crippen LogP contribution in [0.2, 0.25) is 0 Å². The fourth-order valence-electron chi connectivity index (χ4n) is 4.12. The summed E-state index contributed by atoms with van der Waals surface area (Å²) in [6, 6.07) is 21.4. The summed E-state index contributed by atoms with van der Waals surface area (Å²) in [7, 11) is -3.90. The highest BCUT2D eigenvalue weighted by molar-refractivity contribution is 7.89. The van der Waals surface area contributed by atoms with Gasteiger partial charge >= 0.3 is 0 Å². The second-order valence-electron chi connectivity index (χ2n) is 8.36. The number of anilines is 1. The van der Waals surface area contributed by atoms with Gasteiger partial charge in [0.2, 0.25) is 15.9 Å². The molecule has 0 aromatic heterocycles. The van der Waals surface area contributed by atoms with Gasteiger partial charge in [-0.1, -0.05) is 54.1 Å². The molecule has 0 spiro atoms. The Kier molecular flexibility index (Phi) is 7.25. The van der Waals surface area contributed by atoms with Crippen LogP contribution in [0.15, 0.2) is 83.8 Å². The Morgan fingerprint density at radius 3 is 2.23 bits per heavy atom. The molecule has 9 nitrogen and oxygen atoms in total. The third-order valence-electron chi connectivity index (χ3n) is 5.99. The average Bonchev–Trinajstić information content (AvgIpc) is 2.86. The molecule has 1 N–H and O–H groups in total. The van der Waals surface area contributed by atoms with Crippen molar-refractivity contribution in [1.29, 1.82) is 0 Å². The fraction of sp³-hybridized carbons (Fsp3) is 0.240. The summed E-state index contributed by atoms with van der Waals surface area (Å²) in [5.41, 5.74) is 2.31. The van der Waals surface area contributed by atoms with Crippen LogP contribution in [-0.4, -0.2) is 54.6 Å². The number of amides is 1. The number of carbonyl (C=O) groups is 1. The lowest BCUT2D eigenvalue weighted by Gasteiger charge is -2.38. The van der Waals surface area contributed by atoms with Crippen LogP contribution < -0.4 is 5.32 Å². The molecule has 3 aromatic carbocycles. The second kappa shape index (κ2) is 10.3. The van der Waals surface area contributed by atoms with E-state index in [1.165, 1.54) is 22.5 Å². The molecule has 1 aliphatic heterocycles. The SMILES string of the molecule is Cc1ccc(NC(=O)C(c2ccccc2)N2CCN(S(=O)(=O)c3cccc([N+](=O)[O-])c3)CC2)cc1. The number of hydrogen-bond acceptors (Lipinski definition) is 6. The maximum atomic E-state index is 13.4. The van der Waals surface area contributed by atoms with Crippen LogP contribution in [0, 0.1) is 17.0 Å². The van der Waals surface area contributed by atoms with Gasteiger partial charge in [0, 0.05) is 44.0 Å². The van der Waals surface area contributed by atoms with E-state index < -0.39 is 21.0 Å². The smallest absolute Gasteiger partial charge is 0.270 e. The van der Waals surface area contributed by atoms with E-state index in [0.717, 1.165) is 17.2 Å². The lowest BCUT2D eigenvalue weighted by molar-refractivity contribution is -0.385. The predicted octanol–water partition coefficient (Wildman–Crippen LogP) is 3.59. The molecule has 1 unspecified atom stereocenters. The Bertz CT molecular complexity index is 1310. The Morgan fingerprint density at radius 2 is 1.60 bits per heavy atom. The number of benzene rings is 3. The van der Waals surface area contributed by atoms with Crippen molar-refractivity contribution < 1.29 is 18.1 Å². The highest BCUT2D eigenvalue weighted by Crippen LogP contribution is 2.27. The fourth-order valence-corrected chi connectivity index (χ4v) is 5.58. The third kappa shape index (κ3) is 5.56. The van der Waals surface area contributed by atoms with E-state index >= 15 is 0 Å². The van der Waals surface area contributed by atoms with Crippen LogP contribution in [-0.2, 0) is 14.8 Å². The first-order valence-electron chi connectivity index (χ1n) is 11.2. The van der Waals surface area contributed by atoms with Gasteiger partial charge in [0.1, 0.15) is 6.04 Å². The maximum absolute atomic E-state index is 13.4. The van der Waals surface area contributed by atoms with Crippen molar-refractivity contribution in [3.63, 3.8) is 0 Å². The van der Waals surface area contributed by atoms with E-state index in [9.17, 15) is 23.3 Å². The maximum Gasteiger partial charge on any atom is 0.270 e. The standard InChI is InChI=1S/C25H26N4O5S/c1-19-10-12-21(13-11-19)26-25(30)24(20-6-3-2-4-7-20)27-14-16-28(17-15-27)35(33,34)23-9-5-8-22(18-23)29(31)32/h2-13,18,24H,14-17H2,1H3,(H,26,30). The number of piperazine rings is 1. The largest absolute Gasteiger partial charge is 0.324 e. The zero-order valence-electron chi connectivity index (χ0n) is 19.2. The van der Waals surface area contributed by atoms with Gasteiger partial charge in [-0.15, -0.1) is 0 Å². The van der Waals surface area contributed by atoms with Crippen molar-refractivity contribution in [3.8, 4) is 0 Å². The predicted molar refractivity (Wildman–Crippen MR) is 132 cm³/mol. The Balaban J connectivity index is 1.52. The van der Waals surface area contributed by atoms with Gasteiger partial charge in [-0.05, 0) is 30.7 Å². The first-order chi connectivity index (χ1) is 16.8. The Labute approximate surface area is 204 Å². The molecule has 1 fully saturated rings. The highest BCUT2D eigenvalue weighted by atomic mass is 32.2. The summed E-state index contributed by atoms with van der Waals surface area (Å²) in [6.07, 6.45) is 0. The number of nitro groups is 1. The number of carbonyl (C=O) groups excluding carboxylic acids is 1. The molecule has 182 valence electrons. The normalized spacial score (nSPS) is 15.9. The van der Waals surface area contributed by atoms with Gasteiger partial charge in [0.25, 0.3) is 5.69 Å². The van der Waals surface area contributed by atoms with Crippen LogP contribution in [0.5, 0.6) is 0 Å². The third-order valence-corrected chi connectivity index (χ3v) is 7.88. The highest BCUT2D eigenvalue weighted by Gasteiger charge is 2.35. The topological polar surface area (TPSA) is 113 Å². The molecule has 1 amide bonds. The van der Waals surface area contributed by atoms with Gasteiger partial charge in [-0.25, -0.2) is 8.42 Å². The molecule has 1 atom stereocenters. The van der Waals surface area contributed by atoms with E-state index in [0.29, 0.717) is 18.8 Å². The van der Waals surface area contributed by atoms with Crippen molar-refractivity contribution in [2.75, 3.05) is 31.5 Å². The minimum Gasteiger partial charge on any atom is -0.324 e. The average molecular weight is 495 g/mol. The quantitative estimate of drug-likeness (QED) is 0.397. The molecule has 10 heteroatoms. The van der Waals surface area contributed by atoms with Gasteiger partial charge < -0.3 is 5.32 Å². The number of aryl methyl sites for hydroxylation is 1. The van der Waals surface area contributed by atoms with Crippen molar-refractivity contribution in [3.05, 3.63) is 100 Å². The summed E-state index contributed by atoms with van der Waals surface area (Å²) in [4.78, 5) is 25.6. The number of nitrogens with one attached hydrogen (secondary N) is 1. The minimum atomic E-state index is -3.90. The van der Waals surface area contributed by atoms with E-state index in [2.05, 4.69) is 5.32 Å². The summed E-state index contributed by atoms with van der Waals surface area (Å²) < 4.78 is 27.5. The number of nitro benzene ring substituents is 1. The molecule has 0 aliphatic carbocycles. The van der Waals surface area contributed by atoms with Crippen LogP contribution in [0.4, 0.5) is 11.4 Å². The van der Waals surface area contributed by atoms with E-state index in [-0.39, 0.29) is 29.6 Å². The number of hydrogen-bond donors (Lipinski definition) is 1. The van der Waals surface area contributed by atoms with Crippen LogP contribution >= 0.6 is 0 Å². The second-order valence-corrected chi connectivity index (χ2v) is 10.3. The molecule has 1 aliphatic rings. The van der Waals surface area contributed by atoms with Crippen molar-refractivity contribution in [2.24, 2.45) is 0 Å². The van der Waals surface area contributed by atoms with Gasteiger partial charge in [-0.2, -0.15) is 4.31 Å². The van der Waals surface area contributed by atoms with Crippen LogP contribution in [0.25, 0.3) is 0 Å². The molecule has 0 saturated carbocycles. The van der Waals surface area contributed by atoms with Crippen molar-refractivity contribution in [2.45, 2.75) is 17.9 Å².